The highest BCUT2D eigenvalue weighted by Gasteiger charge is 2.39. The lowest BCUT2D eigenvalue weighted by atomic mass is 9.79. The number of anilines is 1. The molecule has 9 heteroatoms. The number of rotatable bonds is 5. The van der Waals surface area contributed by atoms with Crippen molar-refractivity contribution in [2.75, 3.05) is 25.5 Å². The number of pyridine rings is 1. The van der Waals surface area contributed by atoms with Crippen LogP contribution in [0.5, 0.6) is 5.75 Å². The first-order valence-electron chi connectivity index (χ1n) is 13.1. The number of benzene rings is 1. The predicted octanol–water partition coefficient (Wildman–Crippen LogP) is 4.78. The summed E-state index contributed by atoms with van der Waals surface area (Å²) in [4.78, 5) is 43.3. The van der Waals surface area contributed by atoms with Gasteiger partial charge < -0.3 is 24.4 Å². The van der Waals surface area contributed by atoms with Gasteiger partial charge in [-0.15, -0.1) is 0 Å². The van der Waals surface area contributed by atoms with E-state index in [-0.39, 0.29) is 24.1 Å². The summed E-state index contributed by atoms with van der Waals surface area (Å²) in [6, 6.07) is 9.17. The molecule has 1 aromatic heterocycles. The fourth-order valence-corrected chi connectivity index (χ4v) is 4.82. The van der Waals surface area contributed by atoms with E-state index < -0.39 is 11.0 Å². The number of esters is 1. The number of methoxy groups -OCH3 is 1. The standard InChI is InChI=1S/C29H37N3O6/c1-28(2,3)38-27(35)32-14-11-29(4,12-15-32)26(34)31-24-18-23(10-13-30-24)37-22-9-8-19-16-21(25(33)36-5)7-6-20(19)17-22/h6-7,10,13,16,18,22H,8-9,11-12,14-15,17H2,1-5H3,(H,30,31,34). The number of amides is 2. The molecule has 2 aromatic rings. The molecule has 0 radical (unpaired) electrons. The molecule has 9 nitrogen and oxygen atoms in total. The largest absolute Gasteiger partial charge is 0.490 e. The molecule has 1 N–H and O–H groups in total. The second-order valence-electron chi connectivity index (χ2n) is 11.3. The molecule has 0 saturated carbocycles. The van der Waals surface area contributed by atoms with Crippen LogP contribution in [0.1, 0.15) is 68.4 Å². The van der Waals surface area contributed by atoms with Crippen molar-refractivity contribution in [1.82, 2.24) is 9.88 Å². The van der Waals surface area contributed by atoms with Gasteiger partial charge in [-0.25, -0.2) is 14.6 Å². The number of fused-ring (bicyclic) bond motifs is 1. The number of aryl methyl sites for hydroxylation is 1. The summed E-state index contributed by atoms with van der Waals surface area (Å²) in [5.41, 5.74) is 1.68. The SMILES string of the molecule is COC(=O)c1ccc2c(c1)CCC(Oc1ccnc(NC(=O)C3(C)CCN(C(=O)OC(C)(C)C)CC3)c1)C2. The first-order valence-corrected chi connectivity index (χ1v) is 13.1. The lowest BCUT2D eigenvalue weighted by Gasteiger charge is -2.38. The third-order valence-electron chi connectivity index (χ3n) is 7.15. The Balaban J connectivity index is 1.33. The van der Waals surface area contributed by atoms with Gasteiger partial charge in [0.05, 0.1) is 18.1 Å². The van der Waals surface area contributed by atoms with E-state index in [9.17, 15) is 14.4 Å². The Morgan fingerprint density at radius 1 is 1.08 bits per heavy atom. The second-order valence-corrected chi connectivity index (χ2v) is 11.3. The number of aromatic nitrogens is 1. The van der Waals surface area contributed by atoms with E-state index in [0.29, 0.717) is 43.1 Å². The molecule has 204 valence electrons. The molecule has 1 unspecified atom stereocenters. The number of carbonyl (C=O) groups excluding carboxylic acids is 3. The molecule has 38 heavy (non-hydrogen) atoms. The monoisotopic (exact) mass is 523 g/mol. The number of nitrogens with zero attached hydrogens (tertiary/aromatic N) is 2. The second kappa shape index (κ2) is 11.0. The number of nitrogens with one attached hydrogen (secondary N) is 1. The maximum absolute atomic E-state index is 13.2. The van der Waals surface area contributed by atoms with Crippen LogP contribution in [0, 0.1) is 5.41 Å². The van der Waals surface area contributed by atoms with E-state index in [4.69, 9.17) is 14.2 Å². The molecule has 4 rings (SSSR count). The van der Waals surface area contributed by atoms with Gasteiger partial charge >= 0.3 is 12.1 Å². The number of likely N-dealkylation sites (tertiary alicyclic amines) is 1. The van der Waals surface area contributed by atoms with Gasteiger partial charge in [0.1, 0.15) is 23.3 Å². The zero-order chi connectivity index (χ0) is 27.5. The van der Waals surface area contributed by atoms with Gasteiger partial charge in [-0.05, 0) is 75.8 Å². The number of carbonyl (C=O) groups is 3. The quantitative estimate of drug-likeness (QED) is 0.562. The summed E-state index contributed by atoms with van der Waals surface area (Å²) in [6.45, 7) is 8.35. The zero-order valence-corrected chi connectivity index (χ0v) is 22.8. The molecule has 1 atom stereocenters. The van der Waals surface area contributed by atoms with Gasteiger partial charge in [-0.3, -0.25) is 4.79 Å². The van der Waals surface area contributed by atoms with Crippen molar-refractivity contribution in [2.24, 2.45) is 5.41 Å². The molecule has 2 aliphatic rings. The van der Waals surface area contributed by atoms with Crippen LogP contribution >= 0.6 is 0 Å². The average Bonchev–Trinajstić information content (AvgIpc) is 2.87. The highest BCUT2D eigenvalue weighted by atomic mass is 16.6. The van der Waals surface area contributed by atoms with Crippen LogP contribution in [0.2, 0.25) is 0 Å². The number of hydrogen-bond acceptors (Lipinski definition) is 7. The van der Waals surface area contributed by atoms with E-state index in [1.807, 2.05) is 39.8 Å². The fraction of sp³-hybridized carbons (Fsp3) is 0.517. The van der Waals surface area contributed by atoms with Crippen molar-refractivity contribution >= 4 is 23.8 Å². The van der Waals surface area contributed by atoms with Crippen molar-refractivity contribution in [3.8, 4) is 5.75 Å². The van der Waals surface area contributed by atoms with Crippen LogP contribution < -0.4 is 10.1 Å². The van der Waals surface area contributed by atoms with E-state index in [2.05, 4.69) is 10.3 Å². The maximum atomic E-state index is 13.2. The van der Waals surface area contributed by atoms with Crippen molar-refractivity contribution < 1.29 is 28.6 Å². The molecule has 1 fully saturated rings. The lowest BCUT2D eigenvalue weighted by Crippen LogP contribution is -2.48. The number of ether oxygens (including phenoxy) is 3. The van der Waals surface area contributed by atoms with E-state index in [0.717, 1.165) is 30.4 Å². The van der Waals surface area contributed by atoms with Crippen LogP contribution in [0.4, 0.5) is 10.6 Å². The van der Waals surface area contributed by atoms with Crippen molar-refractivity contribution in [3.63, 3.8) is 0 Å². The minimum Gasteiger partial charge on any atom is -0.490 e. The summed E-state index contributed by atoms with van der Waals surface area (Å²) >= 11 is 0. The molecule has 2 heterocycles. The minimum atomic E-state index is -0.618. The van der Waals surface area contributed by atoms with Crippen LogP contribution in [0.15, 0.2) is 36.5 Å². The molecular formula is C29H37N3O6. The summed E-state index contributed by atoms with van der Waals surface area (Å²) in [7, 11) is 1.38. The van der Waals surface area contributed by atoms with Crippen molar-refractivity contribution in [3.05, 3.63) is 53.2 Å². The molecule has 1 aliphatic heterocycles. The number of hydrogen-bond donors (Lipinski definition) is 1. The molecule has 0 spiro atoms. The Hall–Kier alpha value is -3.62. The summed E-state index contributed by atoms with van der Waals surface area (Å²) in [5.74, 6) is 0.612. The van der Waals surface area contributed by atoms with Crippen LogP contribution in [0.3, 0.4) is 0 Å². The van der Waals surface area contributed by atoms with Gasteiger partial charge in [-0.1, -0.05) is 13.0 Å². The van der Waals surface area contributed by atoms with Crippen LogP contribution in [-0.2, 0) is 27.1 Å². The van der Waals surface area contributed by atoms with Gasteiger partial charge in [-0.2, -0.15) is 0 Å². The Morgan fingerprint density at radius 3 is 2.50 bits per heavy atom. The predicted molar refractivity (Wildman–Crippen MR) is 142 cm³/mol. The van der Waals surface area contributed by atoms with Crippen molar-refractivity contribution in [2.45, 2.75) is 71.5 Å². The lowest BCUT2D eigenvalue weighted by molar-refractivity contribution is -0.127. The third-order valence-corrected chi connectivity index (χ3v) is 7.15. The van der Waals surface area contributed by atoms with Gasteiger partial charge in [0.25, 0.3) is 0 Å². The van der Waals surface area contributed by atoms with E-state index in [1.165, 1.54) is 7.11 Å². The topological polar surface area (TPSA) is 107 Å². The van der Waals surface area contributed by atoms with E-state index in [1.54, 1.807) is 29.3 Å². The summed E-state index contributed by atoms with van der Waals surface area (Å²) in [6.07, 6.45) is 4.67. The highest BCUT2D eigenvalue weighted by Crippen LogP contribution is 2.33. The first kappa shape index (κ1) is 27.4. The van der Waals surface area contributed by atoms with E-state index >= 15 is 0 Å². The van der Waals surface area contributed by atoms with Gasteiger partial charge in [0.15, 0.2) is 0 Å². The normalized spacial score (nSPS) is 18.7. The minimum absolute atomic E-state index is 0.0212. The summed E-state index contributed by atoms with van der Waals surface area (Å²) in [5, 5.41) is 2.94. The highest BCUT2D eigenvalue weighted by molar-refractivity contribution is 5.94. The fourth-order valence-electron chi connectivity index (χ4n) is 4.82. The average molecular weight is 524 g/mol. The Bertz CT molecular complexity index is 1200. The van der Waals surface area contributed by atoms with Gasteiger partial charge in [0.2, 0.25) is 5.91 Å². The summed E-state index contributed by atoms with van der Waals surface area (Å²) < 4.78 is 16.5. The Kier molecular flexibility index (Phi) is 7.94. The van der Waals surface area contributed by atoms with Crippen LogP contribution in [-0.4, -0.2) is 59.8 Å². The molecule has 0 bridgehead atoms. The smallest absolute Gasteiger partial charge is 0.410 e. The molecule has 1 saturated heterocycles. The number of piperidine rings is 1. The maximum Gasteiger partial charge on any atom is 0.410 e. The first-order chi connectivity index (χ1) is 18.0. The molecular weight excluding hydrogens is 486 g/mol. The van der Waals surface area contributed by atoms with Crippen LogP contribution in [0.25, 0.3) is 0 Å². The van der Waals surface area contributed by atoms with Gasteiger partial charge in [0, 0.05) is 31.8 Å². The Morgan fingerprint density at radius 2 is 1.82 bits per heavy atom. The zero-order valence-electron chi connectivity index (χ0n) is 22.8. The molecule has 2 amide bonds. The molecule has 1 aliphatic carbocycles. The third kappa shape index (κ3) is 6.62. The van der Waals surface area contributed by atoms with Crippen molar-refractivity contribution in [1.29, 1.82) is 0 Å². The molecule has 1 aromatic carbocycles. The Labute approximate surface area is 223 Å².